The summed E-state index contributed by atoms with van der Waals surface area (Å²) in [5, 5.41) is 3.46. The molecule has 3 aliphatic rings. The first kappa shape index (κ1) is 22.6. The third-order valence-electron chi connectivity index (χ3n) is 6.83. The second-order valence-electron chi connectivity index (χ2n) is 9.05. The maximum atomic E-state index is 12.4. The zero-order valence-electron chi connectivity index (χ0n) is 18.2. The summed E-state index contributed by atoms with van der Waals surface area (Å²) in [5.41, 5.74) is -0.372. The Balaban J connectivity index is 0.00000245. The van der Waals surface area contributed by atoms with Crippen LogP contribution in [0.5, 0.6) is 5.75 Å². The van der Waals surface area contributed by atoms with Crippen LogP contribution in [0.25, 0.3) is 0 Å². The van der Waals surface area contributed by atoms with Gasteiger partial charge in [0.05, 0.1) is 18.8 Å². The molecule has 0 unspecified atom stereocenters. The number of ether oxygens (including phenoxy) is 2. The quantitative estimate of drug-likeness (QED) is 0.639. The van der Waals surface area contributed by atoms with E-state index < -0.39 is 0 Å². The smallest absolute Gasteiger partial charge is 0.416 e. The molecule has 3 heterocycles. The number of amides is 1. The number of carbonyl (C=O) groups excluding carboxylic acids is 1. The van der Waals surface area contributed by atoms with E-state index in [1.165, 1.54) is 12.8 Å². The minimum absolute atomic E-state index is 0. The first-order valence-corrected chi connectivity index (χ1v) is 11.5. The van der Waals surface area contributed by atoms with Gasteiger partial charge in [0, 0.05) is 12.7 Å². The molecule has 32 heavy (non-hydrogen) atoms. The summed E-state index contributed by atoms with van der Waals surface area (Å²) in [6.07, 6.45) is 12.3. The summed E-state index contributed by atoms with van der Waals surface area (Å²) < 4.78 is 11.8. The van der Waals surface area contributed by atoms with Crippen LogP contribution >= 0.6 is 12.4 Å². The lowest BCUT2D eigenvalue weighted by molar-refractivity contribution is 0.0148. The van der Waals surface area contributed by atoms with Gasteiger partial charge in [0.2, 0.25) is 0 Å². The van der Waals surface area contributed by atoms with Crippen LogP contribution < -0.4 is 15.0 Å². The summed E-state index contributed by atoms with van der Waals surface area (Å²) in [7, 11) is 0. The number of hydrogen-bond acceptors (Lipinski definition) is 6. The van der Waals surface area contributed by atoms with Crippen molar-refractivity contribution >= 4 is 30.1 Å². The Hall–Kier alpha value is -2.54. The average molecular weight is 459 g/mol. The average Bonchev–Trinajstić information content (AvgIpc) is 3.43. The van der Waals surface area contributed by atoms with E-state index >= 15 is 0 Å². The standard InChI is InChI=1S/C24H30N4O3.ClH/c29-23-28(22-7-3-4-14-25-22)17-24(31-23)12-10-18(11-13-24)15-26-21-9-8-20(16-27-21)30-19-5-1-2-6-19;/h3-4,7-9,14,16,18-19H,1-2,5-6,10-13,15,17H2,(H,26,27);1H. The topological polar surface area (TPSA) is 76.6 Å². The third kappa shape index (κ3) is 5.09. The van der Waals surface area contributed by atoms with Gasteiger partial charge < -0.3 is 14.8 Å². The molecule has 0 radical (unpaired) electrons. The summed E-state index contributed by atoms with van der Waals surface area (Å²) in [5.74, 6) is 2.95. The first-order valence-electron chi connectivity index (χ1n) is 11.5. The Kier molecular flexibility index (Phi) is 7.04. The van der Waals surface area contributed by atoms with Gasteiger partial charge in [-0.25, -0.2) is 14.8 Å². The highest BCUT2D eigenvalue weighted by Gasteiger charge is 2.47. The number of nitrogens with zero attached hydrogens (tertiary/aromatic N) is 3. The van der Waals surface area contributed by atoms with Gasteiger partial charge in [-0.15, -0.1) is 12.4 Å². The van der Waals surface area contributed by atoms with Crippen molar-refractivity contribution in [1.82, 2.24) is 9.97 Å². The van der Waals surface area contributed by atoms with E-state index in [0.29, 0.717) is 24.4 Å². The number of halogens is 1. The number of anilines is 2. The van der Waals surface area contributed by atoms with Gasteiger partial charge in [-0.2, -0.15) is 0 Å². The third-order valence-corrected chi connectivity index (χ3v) is 6.83. The van der Waals surface area contributed by atoms with Crippen LogP contribution in [0, 0.1) is 5.92 Å². The van der Waals surface area contributed by atoms with Crippen molar-refractivity contribution in [3.8, 4) is 5.75 Å². The van der Waals surface area contributed by atoms with Crippen LogP contribution in [0.3, 0.4) is 0 Å². The van der Waals surface area contributed by atoms with Crippen molar-refractivity contribution in [2.24, 2.45) is 5.92 Å². The number of aromatic nitrogens is 2. The molecule has 1 aliphatic heterocycles. The molecule has 2 aromatic heterocycles. The monoisotopic (exact) mass is 458 g/mol. The highest BCUT2D eigenvalue weighted by molar-refractivity contribution is 5.89. The largest absolute Gasteiger partial charge is 0.489 e. The normalized spacial score (nSPS) is 25.4. The minimum Gasteiger partial charge on any atom is -0.489 e. The molecule has 8 heteroatoms. The van der Waals surface area contributed by atoms with Crippen LogP contribution in [-0.4, -0.2) is 40.9 Å². The lowest BCUT2D eigenvalue weighted by atomic mass is 9.78. The summed E-state index contributed by atoms with van der Waals surface area (Å²) in [6.45, 7) is 1.47. The molecule has 1 spiro atoms. The van der Waals surface area contributed by atoms with E-state index in [4.69, 9.17) is 9.47 Å². The van der Waals surface area contributed by atoms with E-state index in [-0.39, 0.29) is 24.1 Å². The lowest BCUT2D eigenvalue weighted by Gasteiger charge is -2.35. The highest BCUT2D eigenvalue weighted by atomic mass is 35.5. The molecule has 0 bridgehead atoms. The zero-order valence-corrected chi connectivity index (χ0v) is 19.1. The van der Waals surface area contributed by atoms with E-state index in [0.717, 1.165) is 56.6 Å². The molecule has 5 rings (SSSR count). The van der Waals surface area contributed by atoms with E-state index in [1.807, 2.05) is 36.5 Å². The zero-order chi connectivity index (χ0) is 21.1. The Morgan fingerprint density at radius 1 is 1.09 bits per heavy atom. The molecule has 172 valence electrons. The maximum absolute atomic E-state index is 12.4. The molecular weight excluding hydrogens is 428 g/mol. The fraction of sp³-hybridized carbons (Fsp3) is 0.542. The molecular formula is C24H31ClN4O3. The Morgan fingerprint density at radius 2 is 1.91 bits per heavy atom. The van der Waals surface area contributed by atoms with E-state index in [9.17, 15) is 4.79 Å². The molecule has 7 nitrogen and oxygen atoms in total. The predicted octanol–water partition coefficient (Wildman–Crippen LogP) is 5.22. The van der Waals surface area contributed by atoms with Gasteiger partial charge in [0.1, 0.15) is 23.0 Å². The van der Waals surface area contributed by atoms with Gasteiger partial charge in [0.15, 0.2) is 0 Å². The molecule has 0 aromatic carbocycles. The maximum Gasteiger partial charge on any atom is 0.416 e. The number of nitrogens with one attached hydrogen (secondary N) is 1. The van der Waals surface area contributed by atoms with E-state index in [2.05, 4.69) is 15.3 Å². The minimum atomic E-state index is -0.372. The molecule has 2 aromatic rings. The van der Waals surface area contributed by atoms with Gasteiger partial charge >= 0.3 is 6.09 Å². The van der Waals surface area contributed by atoms with E-state index in [1.54, 1.807) is 11.1 Å². The van der Waals surface area contributed by atoms with Gasteiger partial charge in [-0.3, -0.25) is 4.90 Å². The van der Waals surface area contributed by atoms with Gasteiger partial charge in [-0.1, -0.05) is 6.07 Å². The van der Waals surface area contributed by atoms with Gasteiger partial charge in [-0.05, 0) is 81.5 Å². The Bertz CT molecular complexity index is 882. The molecule has 1 saturated heterocycles. The highest BCUT2D eigenvalue weighted by Crippen LogP contribution is 2.40. The fourth-order valence-corrected chi connectivity index (χ4v) is 4.98. The predicted molar refractivity (Wildman–Crippen MR) is 126 cm³/mol. The number of carbonyl (C=O) groups is 1. The summed E-state index contributed by atoms with van der Waals surface area (Å²) in [6, 6.07) is 9.60. The van der Waals surface area contributed by atoms with Crippen molar-refractivity contribution < 1.29 is 14.3 Å². The number of rotatable bonds is 6. The van der Waals surface area contributed by atoms with Crippen LogP contribution in [0.15, 0.2) is 42.7 Å². The summed E-state index contributed by atoms with van der Waals surface area (Å²) in [4.78, 5) is 22.9. The van der Waals surface area contributed by atoms with Gasteiger partial charge in [0.25, 0.3) is 0 Å². The van der Waals surface area contributed by atoms with Crippen LogP contribution in [0.1, 0.15) is 51.4 Å². The Morgan fingerprint density at radius 3 is 2.59 bits per heavy atom. The molecule has 2 saturated carbocycles. The van der Waals surface area contributed by atoms with Crippen LogP contribution in [-0.2, 0) is 4.74 Å². The van der Waals surface area contributed by atoms with Crippen LogP contribution in [0.2, 0.25) is 0 Å². The van der Waals surface area contributed by atoms with Crippen molar-refractivity contribution in [2.45, 2.75) is 63.1 Å². The van der Waals surface area contributed by atoms with Crippen molar-refractivity contribution in [2.75, 3.05) is 23.3 Å². The van der Waals surface area contributed by atoms with Crippen LogP contribution in [0.4, 0.5) is 16.4 Å². The van der Waals surface area contributed by atoms with Crippen molar-refractivity contribution in [1.29, 1.82) is 0 Å². The SMILES string of the molecule is Cl.O=C1OC2(CCC(CNc3ccc(OC4CCCC4)cn3)CC2)CN1c1ccccn1. The fourth-order valence-electron chi connectivity index (χ4n) is 4.98. The Labute approximate surface area is 195 Å². The molecule has 1 N–H and O–H groups in total. The van der Waals surface area contributed by atoms with Crippen molar-refractivity contribution in [3.05, 3.63) is 42.7 Å². The summed E-state index contributed by atoms with van der Waals surface area (Å²) >= 11 is 0. The second-order valence-corrected chi connectivity index (χ2v) is 9.05. The second kappa shape index (κ2) is 9.94. The number of pyridine rings is 2. The molecule has 2 aliphatic carbocycles. The first-order chi connectivity index (χ1) is 15.2. The molecule has 3 fully saturated rings. The molecule has 0 atom stereocenters. The molecule has 1 amide bonds. The lowest BCUT2D eigenvalue weighted by Crippen LogP contribution is -2.39. The van der Waals surface area contributed by atoms with Crippen molar-refractivity contribution in [3.63, 3.8) is 0 Å². The number of hydrogen-bond donors (Lipinski definition) is 1.